The first-order valence-corrected chi connectivity index (χ1v) is 10.7. The van der Waals surface area contributed by atoms with Crippen molar-refractivity contribution in [2.24, 2.45) is 0 Å². The topological polar surface area (TPSA) is 33.5 Å². The van der Waals surface area contributed by atoms with Gasteiger partial charge in [0.05, 0.1) is 13.1 Å². The van der Waals surface area contributed by atoms with E-state index in [0.717, 1.165) is 22.6 Å². The molecule has 0 saturated heterocycles. The molecule has 0 spiro atoms. The third-order valence-electron chi connectivity index (χ3n) is 4.70. The molecule has 3 nitrogen and oxygen atoms in total. The van der Waals surface area contributed by atoms with E-state index in [1.165, 1.54) is 10.5 Å². The van der Waals surface area contributed by atoms with E-state index in [4.69, 9.17) is 0 Å². The maximum Gasteiger partial charge on any atom is 0.275 e. The van der Waals surface area contributed by atoms with Crippen LogP contribution in [0.1, 0.15) is 22.7 Å². The monoisotopic (exact) mass is 391 g/mol. The highest BCUT2D eigenvalue weighted by molar-refractivity contribution is 7.98. The zero-order valence-electron chi connectivity index (χ0n) is 16.4. The molecule has 0 aliphatic carbocycles. The molecule has 144 valence electrons. The molecule has 0 heterocycles. The summed E-state index contributed by atoms with van der Waals surface area (Å²) in [5.74, 6) is 0.0518. The number of carbonyl (C=O) groups is 1. The first-order chi connectivity index (χ1) is 13.7. The zero-order chi connectivity index (χ0) is 19.8. The summed E-state index contributed by atoms with van der Waals surface area (Å²) in [7, 11) is 2.06. The van der Waals surface area contributed by atoms with Crippen LogP contribution in [0, 0.1) is 0 Å². The first kappa shape index (κ1) is 20.2. The van der Waals surface area contributed by atoms with Crippen molar-refractivity contribution in [1.82, 2.24) is 5.32 Å². The Hall–Kier alpha value is -2.56. The van der Waals surface area contributed by atoms with Gasteiger partial charge in [-0.2, -0.15) is 0 Å². The van der Waals surface area contributed by atoms with Crippen LogP contribution >= 0.6 is 11.8 Å². The van der Waals surface area contributed by atoms with Gasteiger partial charge in [0.2, 0.25) is 0 Å². The van der Waals surface area contributed by atoms with Gasteiger partial charge in [-0.25, -0.2) is 0 Å². The SMILES string of the molecule is CSc1ccc(C[NH+](C)CC(=O)NC(c2ccccc2)c2ccccc2)cc1. The number of carbonyl (C=O) groups excluding carboxylic acids is 1. The number of hydrogen-bond donors (Lipinski definition) is 2. The molecule has 2 N–H and O–H groups in total. The van der Waals surface area contributed by atoms with Crippen LogP contribution in [0.4, 0.5) is 0 Å². The van der Waals surface area contributed by atoms with Gasteiger partial charge in [-0.1, -0.05) is 72.8 Å². The number of benzene rings is 3. The second-order valence-corrected chi connectivity index (χ2v) is 7.86. The Kier molecular flexibility index (Phi) is 7.29. The van der Waals surface area contributed by atoms with E-state index in [0.29, 0.717) is 6.54 Å². The van der Waals surface area contributed by atoms with Gasteiger partial charge in [0.1, 0.15) is 6.54 Å². The Bertz CT molecular complexity index is 827. The Morgan fingerprint density at radius 3 is 1.93 bits per heavy atom. The van der Waals surface area contributed by atoms with Crippen molar-refractivity contribution in [3.63, 3.8) is 0 Å². The number of nitrogens with one attached hydrogen (secondary N) is 2. The highest BCUT2D eigenvalue weighted by atomic mass is 32.2. The van der Waals surface area contributed by atoms with Gasteiger partial charge >= 0.3 is 0 Å². The van der Waals surface area contributed by atoms with E-state index in [1.807, 2.05) is 36.4 Å². The van der Waals surface area contributed by atoms with Gasteiger partial charge in [-0.15, -0.1) is 11.8 Å². The van der Waals surface area contributed by atoms with Gasteiger partial charge in [0, 0.05) is 10.5 Å². The van der Waals surface area contributed by atoms with Crippen molar-refractivity contribution in [3.05, 3.63) is 102 Å². The molecular formula is C24H27N2OS+. The number of thioether (sulfide) groups is 1. The molecule has 0 fully saturated rings. The smallest absolute Gasteiger partial charge is 0.275 e. The summed E-state index contributed by atoms with van der Waals surface area (Å²) in [6, 6.07) is 28.7. The van der Waals surface area contributed by atoms with Gasteiger partial charge in [0.15, 0.2) is 6.54 Å². The highest BCUT2D eigenvalue weighted by Gasteiger charge is 2.19. The standard InChI is InChI=1S/C24H26N2OS/c1-26(17-19-13-15-22(28-2)16-14-19)18-23(27)25-24(20-9-5-3-6-10-20)21-11-7-4-8-12-21/h3-16,24H,17-18H2,1-2H3,(H,25,27)/p+1. The molecule has 28 heavy (non-hydrogen) atoms. The lowest BCUT2D eigenvalue weighted by atomic mass is 9.99. The Morgan fingerprint density at radius 1 is 0.893 bits per heavy atom. The summed E-state index contributed by atoms with van der Waals surface area (Å²) in [5.41, 5.74) is 3.42. The van der Waals surface area contributed by atoms with Crippen LogP contribution in [-0.4, -0.2) is 25.8 Å². The molecule has 0 saturated carbocycles. The number of amides is 1. The molecule has 0 aromatic heterocycles. The summed E-state index contributed by atoms with van der Waals surface area (Å²) in [6.07, 6.45) is 2.08. The van der Waals surface area contributed by atoms with E-state index < -0.39 is 0 Å². The molecule has 0 aliphatic rings. The summed E-state index contributed by atoms with van der Waals surface area (Å²) in [4.78, 5) is 15.2. The average molecular weight is 392 g/mol. The summed E-state index contributed by atoms with van der Waals surface area (Å²) >= 11 is 1.74. The fourth-order valence-electron chi connectivity index (χ4n) is 3.29. The second-order valence-electron chi connectivity index (χ2n) is 6.98. The van der Waals surface area contributed by atoms with Crippen molar-refractivity contribution in [2.45, 2.75) is 17.5 Å². The maximum atomic E-state index is 12.8. The number of rotatable bonds is 8. The third-order valence-corrected chi connectivity index (χ3v) is 5.44. The van der Waals surface area contributed by atoms with Crippen molar-refractivity contribution in [1.29, 1.82) is 0 Å². The van der Waals surface area contributed by atoms with Crippen LogP contribution in [0.25, 0.3) is 0 Å². The highest BCUT2D eigenvalue weighted by Crippen LogP contribution is 2.21. The molecule has 3 rings (SSSR count). The van der Waals surface area contributed by atoms with Crippen molar-refractivity contribution in [3.8, 4) is 0 Å². The number of hydrogen-bond acceptors (Lipinski definition) is 2. The van der Waals surface area contributed by atoms with Gasteiger partial charge in [0.25, 0.3) is 5.91 Å². The molecular weight excluding hydrogens is 364 g/mol. The minimum absolute atomic E-state index is 0.0518. The lowest BCUT2D eigenvalue weighted by Crippen LogP contribution is -3.08. The Morgan fingerprint density at radius 2 is 1.43 bits per heavy atom. The largest absolute Gasteiger partial charge is 0.340 e. The molecule has 3 aromatic rings. The van der Waals surface area contributed by atoms with E-state index in [1.54, 1.807) is 11.8 Å². The lowest BCUT2D eigenvalue weighted by molar-refractivity contribution is -0.885. The van der Waals surface area contributed by atoms with Crippen molar-refractivity contribution >= 4 is 17.7 Å². The Balaban J connectivity index is 1.64. The van der Waals surface area contributed by atoms with Gasteiger partial charge in [-0.3, -0.25) is 4.79 Å². The molecule has 0 bridgehead atoms. The lowest BCUT2D eigenvalue weighted by Gasteiger charge is -2.21. The molecule has 1 unspecified atom stereocenters. The van der Waals surface area contributed by atoms with Gasteiger partial charge < -0.3 is 10.2 Å². The molecule has 3 aromatic carbocycles. The fraction of sp³-hybridized carbons (Fsp3) is 0.208. The average Bonchev–Trinajstić information content (AvgIpc) is 2.74. The number of likely N-dealkylation sites (N-methyl/N-ethyl adjacent to an activating group) is 1. The van der Waals surface area contributed by atoms with Crippen molar-refractivity contribution < 1.29 is 9.69 Å². The third kappa shape index (κ3) is 5.72. The minimum atomic E-state index is -0.136. The predicted octanol–water partition coefficient (Wildman–Crippen LogP) is 3.33. The molecule has 0 aliphatic heterocycles. The van der Waals surface area contributed by atoms with E-state index in [2.05, 4.69) is 67.2 Å². The van der Waals surface area contributed by atoms with Gasteiger partial charge in [-0.05, 0) is 29.5 Å². The van der Waals surface area contributed by atoms with E-state index in [9.17, 15) is 4.79 Å². The van der Waals surface area contributed by atoms with E-state index in [-0.39, 0.29) is 11.9 Å². The second kappa shape index (κ2) is 10.1. The fourth-order valence-corrected chi connectivity index (χ4v) is 3.70. The molecule has 1 atom stereocenters. The van der Waals surface area contributed by atoms with E-state index >= 15 is 0 Å². The summed E-state index contributed by atoms with van der Waals surface area (Å²) in [5, 5.41) is 3.22. The van der Waals surface area contributed by atoms with Crippen LogP contribution in [0.2, 0.25) is 0 Å². The summed E-state index contributed by atoms with van der Waals surface area (Å²) < 4.78 is 0. The molecule has 4 heteroatoms. The normalized spacial score (nSPS) is 12.0. The molecule has 1 amide bonds. The number of quaternary nitrogens is 1. The van der Waals surface area contributed by atoms with Crippen molar-refractivity contribution in [2.75, 3.05) is 19.8 Å². The maximum absolute atomic E-state index is 12.8. The van der Waals surface area contributed by atoms with Crippen LogP contribution in [-0.2, 0) is 11.3 Å². The van der Waals surface area contributed by atoms with Crippen LogP contribution in [0.3, 0.4) is 0 Å². The Labute approximate surface area is 171 Å². The molecule has 0 radical (unpaired) electrons. The minimum Gasteiger partial charge on any atom is -0.340 e. The van der Waals surface area contributed by atoms with Crippen LogP contribution in [0.5, 0.6) is 0 Å². The summed E-state index contributed by atoms with van der Waals surface area (Å²) in [6.45, 7) is 1.25. The first-order valence-electron chi connectivity index (χ1n) is 9.49. The van der Waals surface area contributed by atoms with Crippen LogP contribution < -0.4 is 10.2 Å². The zero-order valence-corrected chi connectivity index (χ0v) is 17.2. The van der Waals surface area contributed by atoms with Crippen LogP contribution in [0.15, 0.2) is 89.8 Å². The quantitative estimate of drug-likeness (QED) is 0.578. The predicted molar refractivity (Wildman–Crippen MR) is 117 cm³/mol.